The van der Waals surface area contributed by atoms with Gasteiger partial charge in [-0.05, 0) is 30.8 Å². The fourth-order valence-electron chi connectivity index (χ4n) is 1.51. The molecule has 1 aliphatic heterocycles. The number of hydrogen-bond donors (Lipinski definition) is 3. The van der Waals surface area contributed by atoms with E-state index < -0.39 is 0 Å². The van der Waals surface area contributed by atoms with E-state index >= 15 is 0 Å². The lowest BCUT2D eigenvalue weighted by Crippen LogP contribution is -2.17. The lowest BCUT2D eigenvalue weighted by atomic mass is 10.1. The quantitative estimate of drug-likeness (QED) is 0.783. The Bertz CT molecular complexity index is 540. The van der Waals surface area contributed by atoms with E-state index in [1.165, 1.54) is 0 Å². The Balaban J connectivity index is 2.35. The first-order chi connectivity index (χ1) is 8.61. The molecule has 6 heteroatoms. The molecule has 0 spiro atoms. The van der Waals surface area contributed by atoms with Crippen LogP contribution in [-0.2, 0) is 0 Å². The van der Waals surface area contributed by atoms with Crippen LogP contribution in [0.1, 0.15) is 12.5 Å². The first-order valence-corrected chi connectivity index (χ1v) is 6.17. The number of phenolic OH excluding ortho intramolecular Hbond substituents is 1. The summed E-state index contributed by atoms with van der Waals surface area (Å²) in [7, 11) is 0. The molecular formula is C12H12N2O3S. The van der Waals surface area contributed by atoms with E-state index in [0.29, 0.717) is 22.8 Å². The van der Waals surface area contributed by atoms with E-state index in [9.17, 15) is 9.90 Å². The van der Waals surface area contributed by atoms with Gasteiger partial charge in [0, 0.05) is 5.56 Å². The van der Waals surface area contributed by atoms with Crippen LogP contribution >= 0.6 is 11.8 Å². The average Bonchev–Trinajstić information content (AvgIpc) is 2.63. The lowest BCUT2D eigenvalue weighted by Gasteiger charge is -2.07. The molecule has 0 radical (unpaired) electrons. The third-order valence-electron chi connectivity index (χ3n) is 2.29. The van der Waals surface area contributed by atoms with Crippen LogP contribution in [0.25, 0.3) is 6.08 Å². The number of amides is 1. The zero-order chi connectivity index (χ0) is 13.1. The third kappa shape index (κ3) is 2.48. The molecule has 1 amide bonds. The third-order valence-corrected chi connectivity index (χ3v) is 3.12. The summed E-state index contributed by atoms with van der Waals surface area (Å²) in [6.45, 7) is 2.29. The summed E-state index contributed by atoms with van der Waals surface area (Å²) < 4.78 is 5.27. The molecule has 0 atom stereocenters. The van der Waals surface area contributed by atoms with Crippen molar-refractivity contribution >= 4 is 28.9 Å². The summed E-state index contributed by atoms with van der Waals surface area (Å²) in [4.78, 5) is 11.6. The van der Waals surface area contributed by atoms with Crippen LogP contribution in [0.2, 0.25) is 0 Å². The predicted molar refractivity (Wildman–Crippen MR) is 71.1 cm³/mol. The maximum absolute atomic E-state index is 11.1. The number of phenols is 1. The molecular weight excluding hydrogens is 252 g/mol. The van der Waals surface area contributed by atoms with E-state index in [-0.39, 0.29) is 16.8 Å². The Hall–Kier alpha value is -1.95. The molecule has 0 bridgehead atoms. The van der Waals surface area contributed by atoms with Gasteiger partial charge in [0.05, 0.1) is 11.5 Å². The molecule has 94 valence electrons. The molecule has 3 N–H and O–H groups in total. The summed E-state index contributed by atoms with van der Waals surface area (Å²) >= 11 is 0.931. The van der Waals surface area contributed by atoms with E-state index in [1.54, 1.807) is 24.3 Å². The largest absolute Gasteiger partial charge is 0.504 e. The molecule has 1 aromatic rings. The van der Waals surface area contributed by atoms with E-state index in [1.807, 2.05) is 6.92 Å². The molecule has 0 unspecified atom stereocenters. The lowest BCUT2D eigenvalue weighted by molar-refractivity contribution is 0.265. The van der Waals surface area contributed by atoms with Crippen LogP contribution in [0.3, 0.4) is 0 Å². The summed E-state index contributed by atoms with van der Waals surface area (Å²) in [6, 6.07) is 5.11. The number of carbonyl (C=O) groups is 1. The van der Waals surface area contributed by atoms with Crippen LogP contribution in [-0.4, -0.2) is 22.8 Å². The summed E-state index contributed by atoms with van der Waals surface area (Å²) in [5, 5.41) is 19.6. The average molecular weight is 264 g/mol. The van der Waals surface area contributed by atoms with Gasteiger partial charge in [-0.15, -0.1) is 0 Å². The SMILES string of the molecule is CCOc1cccc(C=C2SC(=O)NC2=N)c1O. The van der Waals surface area contributed by atoms with Gasteiger partial charge in [-0.1, -0.05) is 12.1 Å². The van der Waals surface area contributed by atoms with Crippen molar-refractivity contribution in [2.45, 2.75) is 6.92 Å². The van der Waals surface area contributed by atoms with Crippen LogP contribution in [0, 0.1) is 5.41 Å². The van der Waals surface area contributed by atoms with Gasteiger partial charge >= 0.3 is 0 Å². The number of benzene rings is 1. The van der Waals surface area contributed by atoms with E-state index in [2.05, 4.69) is 5.32 Å². The van der Waals surface area contributed by atoms with Gasteiger partial charge in [0.15, 0.2) is 11.5 Å². The minimum absolute atomic E-state index is 0.0135. The fourth-order valence-corrected chi connectivity index (χ4v) is 2.20. The predicted octanol–water partition coefficient (Wildman–Crippen LogP) is 2.57. The second kappa shape index (κ2) is 5.14. The fraction of sp³-hybridized carbons (Fsp3) is 0.167. The summed E-state index contributed by atoms with van der Waals surface area (Å²) in [5.41, 5.74) is 0.518. The number of amidine groups is 1. The number of thioether (sulfide) groups is 1. The molecule has 1 aliphatic rings. The van der Waals surface area contributed by atoms with Crippen molar-refractivity contribution in [2.24, 2.45) is 0 Å². The Morgan fingerprint density at radius 3 is 2.94 bits per heavy atom. The van der Waals surface area contributed by atoms with Gasteiger partial charge in [0.25, 0.3) is 5.24 Å². The number of para-hydroxylation sites is 1. The number of aromatic hydroxyl groups is 1. The van der Waals surface area contributed by atoms with Gasteiger partial charge in [-0.3, -0.25) is 10.2 Å². The zero-order valence-electron chi connectivity index (χ0n) is 9.69. The minimum atomic E-state index is -0.285. The van der Waals surface area contributed by atoms with Crippen molar-refractivity contribution in [2.75, 3.05) is 6.61 Å². The summed E-state index contributed by atoms with van der Waals surface area (Å²) in [6.07, 6.45) is 1.59. The molecule has 18 heavy (non-hydrogen) atoms. The highest BCUT2D eigenvalue weighted by Gasteiger charge is 2.22. The molecule has 1 saturated heterocycles. The van der Waals surface area contributed by atoms with Crippen LogP contribution < -0.4 is 10.1 Å². The maximum atomic E-state index is 11.1. The number of carbonyl (C=O) groups excluding carboxylic acids is 1. The van der Waals surface area contributed by atoms with Gasteiger partial charge < -0.3 is 15.2 Å². The van der Waals surface area contributed by atoms with Crippen molar-refractivity contribution in [1.29, 1.82) is 5.41 Å². The number of rotatable bonds is 3. The Labute approximate surface area is 108 Å². The first kappa shape index (κ1) is 12.5. The van der Waals surface area contributed by atoms with Gasteiger partial charge in [0.1, 0.15) is 5.84 Å². The Kier molecular flexibility index (Phi) is 3.57. The monoisotopic (exact) mass is 264 g/mol. The standard InChI is InChI=1S/C12H12N2O3S/c1-2-17-8-5-3-4-7(10(8)15)6-9-11(13)14-12(16)18-9/h3-6,15H,2H2,1H3,(H2,13,14,16). The Morgan fingerprint density at radius 2 is 2.33 bits per heavy atom. The molecule has 0 saturated carbocycles. The smallest absolute Gasteiger partial charge is 0.289 e. The van der Waals surface area contributed by atoms with Gasteiger partial charge in [-0.25, -0.2) is 0 Å². The first-order valence-electron chi connectivity index (χ1n) is 5.36. The van der Waals surface area contributed by atoms with Crippen molar-refractivity contribution in [3.05, 3.63) is 28.7 Å². The summed E-state index contributed by atoms with van der Waals surface area (Å²) in [5.74, 6) is 0.450. The second-order valence-corrected chi connectivity index (χ2v) is 4.54. The van der Waals surface area contributed by atoms with Crippen LogP contribution in [0.4, 0.5) is 4.79 Å². The normalized spacial score (nSPS) is 17.1. The van der Waals surface area contributed by atoms with Gasteiger partial charge in [-0.2, -0.15) is 0 Å². The molecule has 0 aromatic heterocycles. The van der Waals surface area contributed by atoms with Crippen molar-refractivity contribution < 1.29 is 14.6 Å². The number of hydrogen-bond acceptors (Lipinski definition) is 5. The van der Waals surface area contributed by atoms with Crippen molar-refractivity contribution in [1.82, 2.24) is 5.32 Å². The Morgan fingerprint density at radius 1 is 1.56 bits per heavy atom. The molecule has 0 aliphatic carbocycles. The molecule has 1 aromatic carbocycles. The van der Waals surface area contributed by atoms with Crippen LogP contribution in [0.15, 0.2) is 23.1 Å². The minimum Gasteiger partial charge on any atom is -0.504 e. The number of ether oxygens (including phenoxy) is 1. The molecule has 5 nitrogen and oxygen atoms in total. The van der Waals surface area contributed by atoms with E-state index in [0.717, 1.165) is 11.8 Å². The molecule has 1 fully saturated rings. The highest BCUT2D eigenvalue weighted by Crippen LogP contribution is 2.34. The highest BCUT2D eigenvalue weighted by molar-refractivity contribution is 8.18. The van der Waals surface area contributed by atoms with Crippen LogP contribution in [0.5, 0.6) is 11.5 Å². The van der Waals surface area contributed by atoms with E-state index in [4.69, 9.17) is 10.1 Å². The zero-order valence-corrected chi connectivity index (χ0v) is 10.5. The molecule has 2 rings (SSSR count). The molecule has 1 heterocycles. The van der Waals surface area contributed by atoms with Crippen molar-refractivity contribution in [3.8, 4) is 11.5 Å². The second-order valence-electron chi connectivity index (χ2n) is 3.53. The topological polar surface area (TPSA) is 82.4 Å². The highest BCUT2D eigenvalue weighted by atomic mass is 32.2. The van der Waals surface area contributed by atoms with Gasteiger partial charge in [0.2, 0.25) is 0 Å². The van der Waals surface area contributed by atoms with Crippen molar-refractivity contribution in [3.63, 3.8) is 0 Å². The number of nitrogens with one attached hydrogen (secondary N) is 2. The maximum Gasteiger partial charge on any atom is 0.289 e.